The summed E-state index contributed by atoms with van der Waals surface area (Å²) in [5.74, 6) is 0.689. The first-order valence-corrected chi connectivity index (χ1v) is 8.36. The molecule has 0 aromatic heterocycles. The molecule has 126 valence electrons. The van der Waals surface area contributed by atoms with Crippen molar-refractivity contribution in [1.82, 2.24) is 0 Å². The number of hydrogen-bond donors (Lipinski definition) is 0. The molecule has 0 atom stereocenters. The van der Waals surface area contributed by atoms with E-state index in [4.69, 9.17) is 4.74 Å². The second kappa shape index (κ2) is 7.96. The SMILES string of the molecule is C=CCc1cc(C(C)(C)C)cc(C=O)c1OCCc1ccccc1. The number of rotatable bonds is 7. The van der Waals surface area contributed by atoms with Gasteiger partial charge in [-0.2, -0.15) is 0 Å². The average Bonchev–Trinajstić information content (AvgIpc) is 2.56. The first kappa shape index (κ1) is 18.0. The van der Waals surface area contributed by atoms with Gasteiger partial charge in [0.2, 0.25) is 0 Å². The molecule has 0 radical (unpaired) electrons. The van der Waals surface area contributed by atoms with Crippen LogP contribution in [0.25, 0.3) is 0 Å². The van der Waals surface area contributed by atoms with Crippen molar-refractivity contribution < 1.29 is 9.53 Å². The van der Waals surface area contributed by atoms with Crippen LogP contribution in [0.4, 0.5) is 0 Å². The van der Waals surface area contributed by atoms with E-state index in [2.05, 4.69) is 45.5 Å². The quantitative estimate of drug-likeness (QED) is 0.521. The third-order valence-corrected chi connectivity index (χ3v) is 4.03. The van der Waals surface area contributed by atoms with Gasteiger partial charge in [0, 0.05) is 6.42 Å². The van der Waals surface area contributed by atoms with Gasteiger partial charge in [0.15, 0.2) is 6.29 Å². The Balaban J connectivity index is 2.26. The lowest BCUT2D eigenvalue weighted by Gasteiger charge is -2.22. The van der Waals surface area contributed by atoms with Gasteiger partial charge in [-0.1, -0.05) is 63.2 Å². The Morgan fingerprint density at radius 1 is 1.12 bits per heavy atom. The number of ether oxygens (including phenoxy) is 1. The highest BCUT2D eigenvalue weighted by Gasteiger charge is 2.19. The molecule has 0 spiro atoms. The molecular weight excluding hydrogens is 296 g/mol. The minimum atomic E-state index is -0.0176. The number of carbonyl (C=O) groups is 1. The highest BCUT2D eigenvalue weighted by atomic mass is 16.5. The van der Waals surface area contributed by atoms with Crippen molar-refractivity contribution in [3.8, 4) is 5.75 Å². The van der Waals surface area contributed by atoms with Crippen molar-refractivity contribution in [2.24, 2.45) is 0 Å². The lowest BCUT2D eigenvalue weighted by Crippen LogP contribution is -2.14. The molecule has 0 amide bonds. The zero-order chi connectivity index (χ0) is 17.6. The molecule has 0 saturated heterocycles. The van der Waals surface area contributed by atoms with Crippen LogP contribution in [0.5, 0.6) is 5.75 Å². The minimum absolute atomic E-state index is 0.0176. The van der Waals surface area contributed by atoms with Crippen molar-refractivity contribution in [1.29, 1.82) is 0 Å². The maximum atomic E-state index is 11.6. The molecule has 2 heteroatoms. The molecule has 0 heterocycles. The van der Waals surface area contributed by atoms with E-state index in [0.717, 1.165) is 23.8 Å². The molecule has 0 N–H and O–H groups in total. The van der Waals surface area contributed by atoms with Crippen molar-refractivity contribution in [3.63, 3.8) is 0 Å². The van der Waals surface area contributed by atoms with Crippen LogP contribution in [0, 0.1) is 0 Å². The fourth-order valence-electron chi connectivity index (χ4n) is 2.63. The molecule has 2 aromatic rings. The van der Waals surface area contributed by atoms with Gasteiger partial charge in [-0.05, 0) is 34.6 Å². The van der Waals surface area contributed by atoms with E-state index >= 15 is 0 Å². The van der Waals surface area contributed by atoms with Crippen molar-refractivity contribution in [2.45, 2.75) is 39.0 Å². The maximum Gasteiger partial charge on any atom is 0.153 e. The largest absolute Gasteiger partial charge is 0.492 e. The van der Waals surface area contributed by atoms with Crippen molar-refractivity contribution in [2.75, 3.05) is 6.61 Å². The van der Waals surface area contributed by atoms with Crippen LogP contribution in [0.15, 0.2) is 55.1 Å². The summed E-state index contributed by atoms with van der Waals surface area (Å²) in [6.45, 7) is 10.8. The van der Waals surface area contributed by atoms with Crippen LogP contribution in [-0.4, -0.2) is 12.9 Å². The van der Waals surface area contributed by atoms with Crippen molar-refractivity contribution in [3.05, 3.63) is 77.4 Å². The molecule has 0 unspecified atom stereocenters. The third-order valence-electron chi connectivity index (χ3n) is 4.03. The highest BCUT2D eigenvalue weighted by Crippen LogP contribution is 2.31. The van der Waals surface area contributed by atoms with Gasteiger partial charge in [-0.15, -0.1) is 6.58 Å². The molecular formula is C22H26O2. The first-order chi connectivity index (χ1) is 11.5. The second-order valence-corrected chi connectivity index (χ2v) is 7.00. The van der Waals surface area contributed by atoms with E-state index in [-0.39, 0.29) is 5.41 Å². The fourth-order valence-corrected chi connectivity index (χ4v) is 2.63. The molecule has 2 nitrogen and oxygen atoms in total. The van der Waals surface area contributed by atoms with E-state index in [1.165, 1.54) is 5.56 Å². The number of allylic oxidation sites excluding steroid dienone is 1. The summed E-state index contributed by atoms with van der Waals surface area (Å²) < 4.78 is 6.00. The summed E-state index contributed by atoms with van der Waals surface area (Å²) in [5.41, 5.74) is 3.98. The van der Waals surface area contributed by atoms with E-state index < -0.39 is 0 Å². The van der Waals surface area contributed by atoms with E-state index in [9.17, 15) is 4.79 Å². The lowest BCUT2D eigenvalue weighted by molar-refractivity contribution is 0.111. The second-order valence-electron chi connectivity index (χ2n) is 7.00. The normalized spacial score (nSPS) is 11.1. The maximum absolute atomic E-state index is 11.6. The average molecular weight is 322 g/mol. The Morgan fingerprint density at radius 3 is 2.42 bits per heavy atom. The topological polar surface area (TPSA) is 26.3 Å². The van der Waals surface area contributed by atoms with E-state index in [0.29, 0.717) is 24.3 Å². The van der Waals surface area contributed by atoms with Crippen LogP contribution in [0.1, 0.15) is 47.8 Å². The van der Waals surface area contributed by atoms with Gasteiger partial charge in [-0.25, -0.2) is 0 Å². The number of benzene rings is 2. The number of hydrogen-bond acceptors (Lipinski definition) is 2. The summed E-state index contributed by atoms with van der Waals surface area (Å²) in [4.78, 5) is 11.6. The molecule has 0 fully saturated rings. The van der Waals surface area contributed by atoms with Crippen LogP contribution in [0.2, 0.25) is 0 Å². The summed E-state index contributed by atoms with van der Waals surface area (Å²) in [7, 11) is 0. The Morgan fingerprint density at radius 2 is 1.83 bits per heavy atom. The Kier molecular flexibility index (Phi) is 5.97. The van der Waals surface area contributed by atoms with Gasteiger partial charge in [0.1, 0.15) is 5.75 Å². The summed E-state index contributed by atoms with van der Waals surface area (Å²) in [6, 6.07) is 14.3. The zero-order valence-electron chi connectivity index (χ0n) is 14.8. The molecule has 0 aliphatic carbocycles. The van der Waals surface area contributed by atoms with Gasteiger partial charge >= 0.3 is 0 Å². The van der Waals surface area contributed by atoms with Gasteiger partial charge < -0.3 is 4.74 Å². The smallest absolute Gasteiger partial charge is 0.153 e. The predicted octanol–water partition coefficient (Wildman–Crippen LogP) is 5.15. The summed E-state index contributed by atoms with van der Waals surface area (Å²) in [6.07, 6.45) is 4.24. The minimum Gasteiger partial charge on any atom is -0.492 e. The molecule has 0 bridgehead atoms. The monoisotopic (exact) mass is 322 g/mol. The zero-order valence-corrected chi connectivity index (χ0v) is 14.8. The lowest BCUT2D eigenvalue weighted by atomic mass is 9.84. The molecule has 24 heavy (non-hydrogen) atoms. The Hall–Kier alpha value is -2.35. The third kappa shape index (κ3) is 4.58. The Labute approximate surface area is 145 Å². The molecule has 2 rings (SSSR count). The standard InChI is InChI=1S/C22H26O2/c1-5-9-18-14-20(22(2,3)4)15-19(16-23)21(18)24-13-12-17-10-7-6-8-11-17/h5-8,10-11,14-16H,1,9,12-13H2,2-4H3. The van der Waals surface area contributed by atoms with Gasteiger partial charge in [-0.3, -0.25) is 4.79 Å². The van der Waals surface area contributed by atoms with Crippen molar-refractivity contribution >= 4 is 6.29 Å². The van der Waals surface area contributed by atoms with Crippen LogP contribution in [-0.2, 0) is 18.3 Å². The predicted molar refractivity (Wildman–Crippen MR) is 100 cm³/mol. The van der Waals surface area contributed by atoms with E-state index in [1.54, 1.807) is 0 Å². The molecule has 0 aliphatic heterocycles. The van der Waals surface area contributed by atoms with E-state index in [1.807, 2.05) is 30.3 Å². The summed E-state index contributed by atoms with van der Waals surface area (Å²) in [5, 5.41) is 0. The van der Waals surface area contributed by atoms with Gasteiger partial charge in [0.25, 0.3) is 0 Å². The van der Waals surface area contributed by atoms with Gasteiger partial charge in [0.05, 0.1) is 12.2 Å². The molecule has 0 saturated carbocycles. The number of carbonyl (C=O) groups excluding carboxylic acids is 1. The number of aldehydes is 1. The van der Waals surface area contributed by atoms with Crippen LogP contribution in [0.3, 0.4) is 0 Å². The molecule has 2 aromatic carbocycles. The highest BCUT2D eigenvalue weighted by molar-refractivity contribution is 5.81. The Bertz CT molecular complexity index is 694. The molecule has 0 aliphatic rings. The first-order valence-electron chi connectivity index (χ1n) is 8.36. The van der Waals surface area contributed by atoms with Crippen LogP contribution < -0.4 is 4.74 Å². The van der Waals surface area contributed by atoms with Crippen LogP contribution >= 0.6 is 0 Å². The summed E-state index contributed by atoms with van der Waals surface area (Å²) >= 11 is 0. The fraction of sp³-hybridized carbons (Fsp3) is 0.318.